The molecule has 4 rings (SSSR count). The number of ether oxygens (including phenoxy) is 3. The fourth-order valence-corrected chi connectivity index (χ4v) is 6.87. The molecule has 2 aromatic heterocycles. The fourth-order valence-electron chi connectivity index (χ4n) is 5.50. The zero-order chi connectivity index (χ0) is 29.4. The van der Waals surface area contributed by atoms with E-state index in [2.05, 4.69) is 60.7 Å². The van der Waals surface area contributed by atoms with Gasteiger partial charge in [0.25, 0.3) is 0 Å². The van der Waals surface area contributed by atoms with E-state index < -0.39 is 20.7 Å². The quantitative estimate of drug-likeness (QED) is 0.227. The van der Waals surface area contributed by atoms with Crippen LogP contribution in [0.1, 0.15) is 73.3 Å². The monoisotopic (exact) mass is 593 g/mol. The van der Waals surface area contributed by atoms with Gasteiger partial charge in [-0.2, -0.15) is 9.97 Å². The number of nitrogens with one attached hydrogen (secondary N) is 1. The first kappa shape index (κ1) is 30.9. The molecule has 5 atom stereocenters. The molecule has 0 bridgehead atoms. The normalized spacial score (nSPS) is 25.0. The smallest absolute Gasteiger partial charge is 0.414 e. The summed E-state index contributed by atoms with van der Waals surface area (Å²) in [6.45, 7) is 21.7. The first-order chi connectivity index (χ1) is 18.6. The summed E-state index contributed by atoms with van der Waals surface area (Å²) < 4.78 is 26.6. The van der Waals surface area contributed by atoms with Gasteiger partial charge in [0.05, 0.1) is 24.6 Å². The number of anilines is 1. The summed E-state index contributed by atoms with van der Waals surface area (Å²) in [4.78, 5) is 25.8. The maximum absolute atomic E-state index is 12.4. The van der Waals surface area contributed by atoms with Gasteiger partial charge in [-0.25, -0.2) is 9.78 Å². The van der Waals surface area contributed by atoms with E-state index >= 15 is 0 Å². The Kier molecular flexibility index (Phi) is 9.31. The highest BCUT2D eigenvalue weighted by Gasteiger charge is 2.49. The van der Waals surface area contributed by atoms with Crippen molar-refractivity contribution >= 4 is 43.8 Å². The Morgan fingerprint density at radius 3 is 2.55 bits per heavy atom. The number of rotatable bonds is 7. The van der Waals surface area contributed by atoms with E-state index in [1.165, 1.54) is 0 Å². The molecule has 2 unspecified atom stereocenters. The van der Waals surface area contributed by atoms with E-state index in [0.29, 0.717) is 24.2 Å². The summed E-state index contributed by atoms with van der Waals surface area (Å²) in [7, 11) is -1.39. The lowest BCUT2D eigenvalue weighted by atomic mass is 9.78. The average molecular weight is 594 g/mol. The lowest BCUT2D eigenvalue weighted by molar-refractivity contribution is -0.201. The van der Waals surface area contributed by atoms with Gasteiger partial charge in [0, 0.05) is 12.5 Å². The summed E-state index contributed by atoms with van der Waals surface area (Å²) in [5, 5.41) is 2.73. The van der Waals surface area contributed by atoms with Gasteiger partial charge in [0.15, 0.2) is 26.1 Å². The van der Waals surface area contributed by atoms with Gasteiger partial charge in [0.1, 0.15) is 11.1 Å². The Morgan fingerprint density at radius 2 is 1.95 bits per heavy atom. The summed E-state index contributed by atoms with van der Waals surface area (Å²) in [6.07, 6.45) is 4.22. The van der Waals surface area contributed by atoms with Crippen LogP contribution in [-0.4, -0.2) is 65.4 Å². The average Bonchev–Trinajstić information content (AvgIpc) is 3.37. The lowest BCUT2D eigenvalue weighted by Crippen LogP contribution is -2.44. The number of imidazole rings is 1. The molecule has 12 heteroatoms. The molecule has 222 valence electrons. The van der Waals surface area contributed by atoms with E-state index in [0.717, 1.165) is 24.8 Å². The minimum absolute atomic E-state index is 0.0405. The lowest BCUT2D eigenvalue weighted by Gasteiger charge is -2.40. The molecule has 40 heavy (non-hydrogen) atoms. The number of aromatic nitrogens is 4. The molecule has 0 radical (unpaired) electrons. The number of hydrogen-bond donors (Lipinski definition) is 1. The number of carbonyl (C=O) groups is 1. The van der Waals surface area contributed by atoms with Gasteiger partial charge in [-0.05, 0) is 70.5 Å². The van der Waals surface area contributed by atoms with Crippen molar-refractivity contribution in [1.82, 2.24) is 19.5 Å². The van der Waals surface area contributed by atoms with E-state index in [4.69, 9.17) is 30.2 Å². The number of carbonyl (C=O) groups excluding carboxylic acids is 1. The van der Waals surface area contributed by atoms with Gasteiger partial charge < -0.3 is 23.2 Å². The molecule has 3 heterocycles. The maximum atomic E-state index is 12.4. The van der Waals surface area contributed by atoms with Gasteiger partial charge in [-0.15, -0.1) is 0 Å². The molecule has 1 amide bonds. The highest BCUT2D eigenvalue weighted by Crippen LogP contribution is 2.48. The third-order valence-electron chi connectivity index (χ3n) is 7.10. The van der Waals surface area contributed by atoms with E-state index in [1.54, 1.807) is 27.1 Å². The summed E-state index contributed by atoms with van der Waals surface area (Å²) in [5.74, 6) is -0.0154. The van der Waals surface area contributed by atoms with Crippen molar-refractivity contribution in [3.63, 3.8) is 0 Å². The number of fused-ring (bicyclic) bond motifs is 1. The van der Waals surface area contributed by atoms with Crippen LogP contribution in [0.4, 0.5) is 10.7 Å². The van der Waals surface area contributed by atoms with Crippen LogP contribution in [0, 0.1) is 11.3 Å². The third kappa shape index (κ3) is 7.23. The first-order valence-electron chi connectivity index (χ1n) is 14.2. The van der Waals surface area contributed by atoms with Crippen molar-refractivity contribution in [3.8, 4) is 0 Å². The molecule has 0 aromatic carbocycles. The second-order valence-corrected chi connectivity index (χ2v) is 15.8. The topological polar surface area (TPSA) is 110 Å². The van der Waals surface area contributed by atoms with Crippen molar-refractivity contribution < 1.29 is 23.4 Å². The zero-order valence-electron chi connectivity index (χ0n) is 25.0. The molecule has 2 fully saturated rings. The van der Waals surface area contributed by atoms with Crippen LogP contribution in [0.15, 0.2) is 18.5 Å². The molecular formula is C28H44ClN5O5Si. The summed E-state index contributed by atoms with van der Waals surface area (Å²) in [5.41, 5.74) is 1.13. The highest BCUT2D eigenvalue weighted by atomic mass is 35.5. The van der Waals surface area contributed by atoms with Crippen LogP contribution < -0.4 is 5.32 Å². The Hall–Kier alpha value is -2.05. The molecule has 2 aromatic rings. The molecular weight excluding hydrogens is 550 g/mol. The van der Waals surface area contributed by atoms with Crippen LogP contribution in [0.5, 0.6) is 0 Å². The Balaban J connectivity index is 1.70. The molecule has 1 N–H and O–H groups in total. The standard InChI is InChI=1S/C28H44ClN5O5Si/c1-16-17(34-15-30-21-23(29)31-25(32-24(21)34)33-26(35)38-28(5,6)7)14-18(37-19-12-10-11-13-36-19)20(16)22(27(2,3)4)39-40(8)9/h15,17-20,22,40H,1,10-14H2,2-9H3,(H,31,32,33,35)/t17-,18-,19?,20+,22?/m0/s1. The summed E-state index contributed by atoms with van der Waals surface area (Å²) in [6, 6.07) is -0.175. The molecule has 1 saturated heterocycles. The first-order valence-corrected chi connectivity index (χ1v) is 17.3. The van der Waals surface area contributed by atoms with Crippen molar-refractivity contribution in [2.45, 2.75) is 110 Å². The summed E-state index contributed by atoms with van der Waals surface area (Å²) >= 11 is 6.49. The van der Waals surface area contributed by atoms with Crippen LogP contribution >= 0.6 is 11.6 Å². The van der Waals surface area contributed by atoms with E-state index in [9.17, 15) is 4.79 Å². The molecule has 1 saturated carbocycles. The maximum Gasteiger partial charge on any atom is 0.414 e. The Bertz CT molecular complexity index is 1220. The largest absolute Gasteiger partial charge is 0.444 e. The van der Waals surface area contributed by atoms with E-state index in [-0.39, 0.29) is 47.0 Å². The molecule has 0 spiro atoms. The van der Waals surface area contributed by atoms with Crippen molar-refractivity contribution in [2.75, 3.05) is 11.9 Å². The fraction of sp³-hybridized carbons (Fsp3) is 0.714. The number of amides is 1. The van der Waals surface area contributed by atoms with Crippen LogP contribution in [0.3, 0.4) is 0 Å². The Labute approximate surface area is 243 Å². The minimum atomic E-state index is -1.39. The van der Waals surface area contributed by atoms with Gasteiger partial charge in [-0.1, -0.05) is 39.0 Å². The molecule has 10 nitrogen and oxygen atoms in total. The van der Waals surface area contributed by atoms with Crippen molar-refractivity contribution in [2.24, 2.45) is 11.3 Å². The van der Waals surface area contributed by atoms with Gasteiger partial charge >= 0.3 is 6.09 Å². The number of nitrogens with zero attached hydrogens (tertiary/aromatic N) is 4. The molecule has 2 aliphatic rings. The highest BCUT2D eigenvalue weighted by molar-refractivity contribution is 6.48. The van der Waals surface area contributed by atoms with Gasteiger partial charge in [0.2, 0.25) is 5.95 Å². The van der Waals surface area contributed by atoms with Crippen LogP contribution in [0.25, 0.3) is 11.2 Å². The number of hydrogen-bond acceptors (Lipinski definition) is 8. The Morgan fingerprint density at radius 1 is 1.23 bits per heavy atom. The predicted octanol–water partition coefficient (Wildman–Crippen LogP) is 6.27. The number of halogens is 1. The van der Waals surface area contributed by atoms with Crippen molar-refractivity contribution in [1.29, 1.82) is 0 Å². The minimum Gasteiger partial charge on any atom is -0.444 e. The van der Waals surface area contributed by atoms with Crippen LogP contribution in [-0.2, 0) is 18.6 Å². The molecule has 1 aliphatic carbocycles. The van der Waals surface area contributed by atoms with E-state index in [1.807, 2.05) is 4.57 Å². The second kappa shape index (κ2) is 12.0. The van der Waals surface area contributed by atoms with Crippen molar-refractivity contribution in [3.05, 3.63) is 23.6 Å². The predicted molar refractivity (Wildman–Crippen MR) is 158 cm³/mol. The zero-order valence-corrected chi connectivity index (χ0v) is 26.9. The second-order valence-electron chi connectivity index (χ2n) is 13.1. The third-order valence-corrected chi connectivity index (χ3v) is 8.20. The SMILES string of the molecule is C=C1[C@@H](C(O[SiH](C)C)C(C)(C)C)[C@@H](OC2CCCCO2)C[C@@H]1n1cnc2c(Cl)nc(NC(=O)OC(C)(C)C)nc21. The van der Waals surface area contributed by atoms with Gasteiger partial charge in [-0.3, -0.25) is 5.32 Å². The molecule has 1 aliphatic heterocycles. The van der Waals surface area contributed by atoms with Crippen LogP contribution in [0.2, 0.25) is 18.2 Å².